The highest BCUT2D eigenvalue weighted by atomic mass is 19.1. The number of carbonyl (C=O) groups is 1. The maximum Gasteiger partial charge on any atom is 0.377 e. The van der Waals surface area contributed by atoms with Crippen LogP contribution in [0.1, 0.15) is 19.3 Å². The van der Waals surface area contributed by atoms with Gasteiger partial charge in [0.15, 0.2) is 11.6 Å². The summed E-state index contributed by atoms with van der Waals surface area (Å²) in [4.78, 5) is 25.2. The van der Waals surface area contributed by atoms with Gasteiger partial charge in [-0.2, -0.15) is 4.68 Å². The standard InChI is InChI=1S/C15H16F2N6O2/c1-20(2)23(10-6-3-4-7-10)15(25)22-14(24)21(18-19-22)13-11(16)8-5-9-12(13)17/h5-6,8-9H,3-4,7H2,1-2H3. The van der Waals surface area contributed by atoms with Crippen molar-refractivity contribution in [3.63, 3.8) is 0 Å². The predicted octanol–water partition coefficient (Wildman–Crippen LogP) is 1.52. The van der Waals surface area contributed by atoms with Crippen molar-refractivity contribution >= 4 is 6.03 Å². The molecule has 0 radical (unpaired) electrons. The van der Waals surface area contributed by atoms with E-state index in [2.05, 4.69) is 10.4 Å². The lowest BCUT2D eigenvalue weighted by atomic mass is 10.3. The minimum atomic E-state index is -1.06. The van der Waals surface area contributed by atoms with Crippen molar-refractivity contribution in [2.24, 2.45) is 0 Å². The number of aromatic nitrogens is 4. The minimum Gasteiger partial charge on any atom is -0.244 e. The number of halogens is 2. The molecule has 25 heavy (non-hydrogen) atoms. The Labute approximate surface area is 141 Å². The first-order chi connectivity index (χ1) is 11.9. The highest BCUT2D eigenvalue weighted by Crippen LogP contribution is 2.22. The lowest BCUT2D eigenvalue weighted by Gasteiger charge is -2.28. The van der Waals surface area contributed by atoms with Gasteiger partial charge < -0.3 is 0 Å². The molecule has 10 heteroatoms. The summed E-state index contributed by atoms with van der Waals surface area (Å²) in [7, 11) is 3.28. The zero-order chi connectivity index (χ0) is 18.1. The van der Waals surface area contributed by atoms with E-state index in [-0.39, 0.29) is 0 Å². The van der Waals surface area contributed by atoms with E-state index in [9.17, 15) is 18.4 Å². The Kier molecular flexibility index (Phi) is 4.45. The maximum atomic E-state index is 13.9. The third kappa shape index (κ3) is 2.95. The molecule has 1 aromatic heterocycles. The van der Waals surface area contributed by atoms with Crippen LogP contribution in [0.3, 0.4) is 0 Å². The number of carbonyl (C=O) groups excluding carboxylic acids is 1. The van der Waals surface area contributed by atoms with E-state index in [0.29, 0.717) is 15.8 Å². The van der Waals surface area contributed by atoms with Crippen LogP contribution >= 0.6 is 0 Å². The van der Waals surface area contributed by atoms with Crippen molar-refractivity contribution < 1.29 is 13.6 Å². The average molecular weight is 350 g/mol. The molecule has 0 bridgehead atoms. The van der Waals surface area contributed by atoms with E-state index in [1.54, 1.807) is 14.1 Å². The van der Waals surface area contributed by atoms with E-state index in [1.165, 1.54) is 10.0 Å². The molecular formula is C15H16F2N6O2. The summed E-state index contributed by atoms with van der Waals surface area (Å²) in [5.41, 5.74) is -1.00. The van der Waals surface area contributed by atoms with Gasteiger partial charge in [0.05, 0.1) is 0 Å². The summed E-state index contributed by atoms with van der Waals surface area (Å²) in [6.45, 7) is 0. The summed E-state index contributed by atoms with van der Waals surface area (Å²) in [5.74, 6) is -1.96. The Morgan fingerprint density at radius 1 is 1.20 bits per heavy atom. The highest BCUT2D eigenvalue weighted by molar-refractivity contribution is 5.77. The van der Waals surface area contributed by atoms with Crippen LogP contribution in [0, 0.1) is 11.6 Å². The van der Waals surface area contributed by atoms with Crippen LogP contribution in [0.25, 0.3) is 5.69 Å². The van der Waals surface area contributed by atoms with Crippen molar-refractivity contribution in [3.8, 4) is 5.69 Å². The lowest BCUT2D eigenvalue weighted by molar-refractivity contribution is 0.0909. The van der Waals surface area contributed by atoms with E-state index in [1.807, 2.05) is 6.08 Å². The average Bonchev–Trinajstić information content (AvgIpc) is 3.18. The lowest BCUT2D eigenvalue weighted by Crippen LogP contribution is -2.46. The number of tetrazole rings is 1. The number of hydrazine groups is 1. The number of amides is 1. The summed E-state index contributed by atoms with van der Waals surface area (Å²) in [5, 5.41) is 9.73. The Balaban J connectivity index is 2.03. The van der Waals surface area contributed by atoms with Crippen molar-refractivity contribution in [3.05, 3.63) is 52.1 Å². The quantitative estimate of drug-likeness (QED) is 0.620. The van der Waals surface area contributed by atoms with E-state index in [4.69, 9.17) is 0 Å². The molecule has 1 heterocycles. The fourth-order valence-electron chi connectivity index (χ4n) is 2.68. The van der Waals surface area contributed by atoms with Crippen LogP contribution in [0.2, 0.25) is 0 Å². The normalized spacial score (nSPS) is 14.0. The van der Waals surface area contributed by atoms with E-state index >= 15 is 0 Å². The molecule has 0 aliphatic heterocycles. The summed E-state index contributed by atoms with van der Waals surface area (Å²) in [6, 6.07) is 2.36. The first-order valence-corrected chi connectivity index (χ1v) is 7.62. The summed E-state index contributed by atoms with van der Waals surface area (Å²) < 4.78 is 28.6. The van der Waals surface area contributed by atoms with Gasteiger partial charge in [-0.1, -0.05) is 12.1 Å². The Morgan fingerprint density at radius 3 is 2.44 bits per heavy atom. The molecule has 0 saturated heterocycles. The van der Waals surface area contributed by atoms with Gasteiger partial charge in [-0.3, -0.25) is 0 Å². The van der Waals surface area contributed by atoms with Crippen LogP contribution in [0.5, 0.6) is 0 Å². The van der Waals surface area contributed by atoms with E-state index < -0.39 is 29.0 Å². The minimum absolute atomic E-state index is 0.430. The van der Waals surface area contributed by atoms with E-state index in [0.717, 1.165) is 36.7 Å². The van der Waals surface area contributed by atoms with Crippen molar-refractivity contribution in [1.29, 1.82) is 0 Å². The third-order valence-electron chi connectivity index (χ3n) is 3.78. The molecule has 1 aliphatic rings. The zero-order valence-corrected chi connectivity index (χ0v) is 13.7. The maximum absolute atomic E-state index is 13.9. The molecule has 3 rings (SSSR count). The predicted molar refractivity (Wildman–Crippen MR) is 83.8 cm³/mol. The highest BCUT2D eigenvalue weighted by Gasteiger charge is 2.28. The number of rotatable bonds is 3. The zero-order valence-electron chi connectivity index (χ0n) is 13.7. The number of para-hydroxylation sites is 1. The first-order valence-electron chi connectivity index (χ1n) is 7.62. The Hall–Kier alpha value is -2.88. The smallest absolute Gasteiger partial charge is 0.244 e. The largest absolute Gasteiger partial charge is 0.377 e. The molecular weight excluding hydrogens is 334 g/mol. The van der Waals surface area contributed by atoms with Gasteiger partial charge in [0.25, 0.3) is 0 Å². The summed E-state index contributed by atoms with van der Waals surface area (Å²) >= 11 is 0. The number of hydrogen-bond acceptors (Lipinski definition) is 5. The molecule has 0 spiro atoms. The van der Waals surface area contributed by atoms with Crippen LogP contribution < -0.4 is 5.69 Å². The number of benzene rings is 1. The van der Waals surface area contributed by atoms with Gasteiger partial charge in [0.1, 0.15) is 5.69 Å². The van der Waals surface area contributed by atoms with Crippen LogP contribution in [0.4, 0.5) is 13.6 Å². The second-order valence-electron chi connectivity index (χ2n) is 5.68. The van der Waals surface area contributed by atoms with Crippen LogP contribution in [0.15, 0.2) is 34.8 Å². The second-order valence-corrected chi connectivity index (χ2v) is 5.68. The van der Waals surface area contributed by atoms with Gasteiger partial charge in [0.2, 0.25) is 0 Å². The van der Waals surface area contributed by atoms with Crippen molar-refractivity contribution in [1.82, 2.24) is 29.8 Å². The molecule has 1 aliphatic carbocycles. The fourth-order valence-corrected chi connectivity index (χ4v) is 2.68. The topological polar surface area (TPSA) is 76.3 Å². The van der Waals surface area contributed by atoms with Crippen LogP contribution in [-0.4, -0.2) is 49.9 Å². The molecule has 0 atom stereocenters. The van der Waals surface area contributed by atoms with Gasteiger partial charge in [-0.25, -0.2) is 28.4 Å². The third-order valence-corrected chi connectivity index (χ3v) is 3.78. The van der Waals surface area contributed by atoms with Crippen LogP contribution in [-0.2, 0) is 0 Å². The first kappa shape index (κ1) is 17.0. The fraction of sp³-hybridized carbons (Fsp3) is 0.333. The van der Waals surface area contributed by atoms with Crippen molar-refractivity contribution in [2.75, 3.05) is 14.1 Å². The molecule has 0 saturated carbocycles. The molecule has 2 aromatic rings. The number of allylic oxidation sites excluding steroid dienone is 2. The molecule has 8 nitrogen and oxygen atoms in total. The SMILES string of the molecule is CN(C)N(C(=O)n1nnn(-c2c(F)cccc2F)c1=O)C1=CCCC1. The molecule has 0 unspecified atom stereocenters. The van der Waals surface area contributed by atoms with Gasteiger partial charge in [0, 0.05) is 19.8 Å². The molecule has 0 fully saturated rings. The van der Waals surface area contributed by atoms with Crippen molar-refractivity contribution in [2.45, 2.75) is 19.3 Å². The van der Waals surface area contributed by atoms with Gasteiger partial charge in [-0.15, -0.1) is 4.68 Å². The molecule has 1 aromatic carbocycles. The molecule has 0 N–H and O–H groups in total. The Bertz CT molecular complexity index is 881. The Morgan fingerprint density at radius 2 is 1.88 bits per heavy atom. The monoisotopic (exact) mass is 350 g/mol. The molecule has 1 amide bonds. The number of hydrogen-bond donors (Lipinski definition) is 0. The summed E-state index contributed by atoms with van der Waals surface area (Å²) in [6.07, 6.45) is 4.29. The number of nitrogens with zero attached hydrogens (tertiary/aromatic N) is 6. The van der Waals surface area contributed by atoms with Gasteiger partial charge in [-0.05, 0) is 41.8 Å². The molecule has 132 valence electrons. The second kappa shape index (κ2) is 6.55. The van der Waals surface area contributed by atoms with Gasteiger partial charge >= 0.3 is 11.7 Å².